The van der Waals surface area contributed by atoms with Gasteiger partial charge in [0.2, 0.25) is 0 Å². The largest absolute Gasteiger partial charge is 0.353 e. The molecule has 0 aromatic carbocycles. The SMILES string of the molecule is CC(C)CCS(=O)(=O)CCC1OCCCO1. The standard InChI is InChI=1S/C11H22O4S/c1-10(2)4-8-16(12,13)9-5-11-14-6-3-7-15-11/h10-11H,3-9H2,1-2H3. The van der Waals surface area contributed by atoms with Gasteiger partial charge in [-0.1, -0.05) is 13.8 Å². The summed E-state index contributed by atoms with van der Waals surface area (Å²) in [5, 5.41) is 0. The lowest BCUT2D eigenvalue weighted by molar-refractivity contribution is -0.178. The van der Waals surface area contributed by atoms with Crippen molar-refractivity contribution in [2.24, 2.45) is 5.92 Å². The van der Waals surface area contributed by atoms with E-state index in [0.29, 0.717) is 25.6 Å². The molecule has 16 heavy (non-hydrogen) atoms. The molecule has 1 saturated heterocycles. The summed E-state index contributed by atoms with van der Waals surface area (Å²) in [5.41, 5.74) is 0. The average Bonchev–Trinajstić information content (AvgIpc) is 2.26. The molecule has 0 aliphatic carbocycles. The first-order chi connectivity index (χ1) is 7.49. The van der Waals surface area contributed by atoms with E-state index >= 15 is 0 Å². The number of ether oxygens (including phenoxy) is 2. The third kappa shape index (κ3) is 5.82. The van der Waals surface area contributed by atoms with Crippen molar-refractivity contribution in [2.75, 3.05) is 24.7 Å². The minimum absolute atomic E-state index is 0.171. The molecule has 0 N–H and O–H groups in total. The van der Waals surface area contributed by atoms with E-state index < -0.39 is 9.84 Å². The summed E-state index contributed by atoms with van der Waals surface area (Å²) in [7, 11) is -2.94. The molecule has 0 bridgehead atoms. The van der Waals surface area contributed by atoms with E-state index in [2.05, 4.69) is 0 Å². The fraction of sp³-hybridized carbons (Fsp3) is 1.00. The Morgan fingerprint density at radius 1 is 1.19 bits per heavy atom. The number of sulfone groups is 1. The van der Waals surface area contributed by atoms with E-state index in [1.54, 1.807) is 0 Å². The van der Waals surface area contributed by atoms with Crippen molar-refractivity contribution in [3.05, 3.63) is 0 Å². The second-order valence-electron chi connectivity index (χ2n) is 4.65. The Morgan fingerprint density at radius 3 is 2.38 bits per heavy atom. The lowest BCUT2D eigenvalue weighted by atomic mass is 10.2. The van der Waals surface area contributed by atoms with Crippen molar-refractivity contribution in [3.63, 3.8) is 0 Å². The van der Waals surface area contributed by atoms with Gasteiger partial charge < -0.3 is 9.47 Å². The predicted molar refractivity (Wildman–Crippen MR) is 63.0 cm³/mol. The van der Waals surface area contributed by atoms with Crippen molar-refractivity contribution < 1.29 is 17.9 Å². The number of hydrogen-bond donors (Lipinski definition) is 0. The smallest absolute Gasteiger partial charge is 0.158 e. The van der Waals surface area contributed by atoms with Crippen molar-refractivity contribution in [1.82, 2.24) is 0 Å². The lowest BCUT2D eigenvalue weighted by Gasteiger charge is -2.23. The zero-order valence-corrected chi connectivity index (χ0v) is 11.0. The maximum atomic E-state index is 11.7. The molecule has 1 rings (SSSR count). The Bertz CT molecular complexity index is 278. The highest BCUT2D eigenvalue weighted by Crippen LogP contribution is 2.11. The van der Waals surface area contributed by atoms with Crippen LogP contribution in [0.5, 0.6) is 0 Å². The Labute approximate surface area is 98.2 Å². The zero-order chi connectivity index (χ0) is 12.0. The van der Waals surface area contributed by atoms with Gasteiger partial charge in [-0.05, 0) is 18.8 Å². The minimum atomic E-state index is -2.94. The van der Waals surface area contributed by atoms with Gasteiger partial charge in [0.15, 0.2) is 16.1 Å². The Kier molecular flexibility index (Phi) is 5.72. The first-order valence-corrected chi connectivity index (χ1v) is 7.75. The first-order valence-electron chi connectivity index (χ1n) is 5.93. The van der Waals surface area contributed by atoms with Crippen LogP contribution >= 0.6 is 0 Å². The van der Waals surface area contributed by atoms with Gasteiger partial charge in [-0.15, -0.1) is 0 Å². The Hall–Kier alpha value is -0.130. The Morgan fingerprint density at radius 2 is 1.81 bits per heavy atom. The molecule has 0 unspecified atom stereocenters. The van der Waals surface area contributed by atoms with Crippen LogP contribution in [0.4, 0.5) is 0 Å². The van der Waals surface area contributed by atoms with Crippen LogP contribution < -0.4 is 0 Å². The summed E-state index contributed by atoms with van der Waals surface area (Å²) < 4.78 is 34.0. The van der Waals surface area contributed by atoms with Crippen LogP contribution in [0.2, 0.25) is 0 Å². The molecule has 1 heterocycles. The fourth-order valence-corrected chi connectivity index (χ4v) is 3.08. The number of rotatable bonds is 6. The van der Waals surface area contributed by atoms with Crippen LogP contribution in [-0.4, -0.2) is 39.4 Å². The van der Waals surface area contributed by atoms with Gasteiger partial charge in [0, 0.05) is 6.42 Å². The minimum Gasteiger partial charge on any atom is -0.353 e. The second-order valence-corrected chi connectivity index (χ2v) is 6.95. The van der Waals surface area contributed by atoms with Crippen LogP contribution in [0.15, 0.2) is 0 Å². The van der Waals surface area contributed by atoms with Gasteiger partial charge in [-0.25, -0.2) is 8.42 Å². The van der Waals surface area contributed by atoms with Crippen molar-refractivity contribution in [3.8, 4) is 0 Å². The zero-order valence-electron chi connectivity index (χ0n) is 10.1. The summed E-state index contributed by atoms with van der Waals surface area (Å²) in [6, 6.07) is 0. The molecule has 4 nitrogen and oxygen atoms in total. The quantitative estimate of drug-likeness (QED) is 0.718. The third-order valence-corrected chi connectivity index (χ3v) is 4.28. The summed E-state index contributed by atoms with van der Waals surface area (Å²) in [6.07, 6.45) is 1.77. The molecule has 5 heteroatoms. The number of hydrogen-bond acceptors (Lipinski definition) is 4. The van der Waals surface area contributed by atoms with Gasteiger partial charge >= 0.3 is 0 Å². The summed E-state index contributed by atoms with van der Waals surface area (Å²) in [5.74, 6) is 0.874. The summed E-state index contributed by atoms with van der Waals surface area (Å²) in [4.78, 5) is 0. The van der Waals surface area contributed by atoms with Gasteiger partial charge in [0.25, 0.3) is 0 Å². The highest BCUT2D eigenvalue weighted by atomic mass is 32.2. The normalized spacial score (nSPS) is 19.2. The summed E-state index contributed by atoms with van der Waals surface area (Å²) >= 11 is 0. The molecule has 0 radical (unpaired) electrons. The van der Waals surface area contributed by atoms with Crippen LogP contribution in [0, 0.1) is 5.92 Å². The van der Waals surface area contributed by atoms with Gasteiger partial charge in [-0.2, -0.15) is 0 Å². The second kappa shape index (κ2) is 6.57. The monoisotopic (exact) mass is 250 g/mol. The molecule has 0 spiro atoms. The van der Waals surface area contributed by atoms with Gasteiger partial charge in [0.05, 0.1) is 24.7 Å². The van der Waals surface area contributed by atoms with Crippen molar-refractivity contribution in [1.29, 1.82) is 0 Å². The van der Waals surface area contributed by atoms with Crippen molar-refractivity contribution in [2.45, 2.75) is 39.4 Å². The maximum Gasteiger partial charge on any atom is 0.158 e. The van der Waals surface area contributed by atoms with E-state index in [1.165, 1.54) is 0 Å². The molecule has 1 fully saturated rings. The van der Waals surface area contributed by atoms with Crippen LogP contribution in [-0.2, 0) is 19.3 Å². The van der Waals surface area contributed by atoms with E-state index in [1.807, 2.05) is 13.8 Å². The van der Waals surface area contributed by atoms with Gasteiger partial charge in [0.1, 0.15) is 0 Å². The van der Waals surface area contributed by atoms with E-state index in [4.69, 9.17) is 9.47 Å². The van der Waals surface area contributed by atoms with Gasteiger partial charge in [-0.3, -0.25) is 0 Å². The molecular formula is C11H22O4S. The fourth-order valence-electron chi connectivity index (χ4n) is 1.50. The molecule has 0 atom stereocenters. The molecule has 0 amide bonds. The summed E-state index contributed by atoms with van der Waals surface area (Å²) in [6.45, 7) is 5.42. The molecule has 0 saturated carbocycles. The van der Waals surface area contributed by atoms with Crippen LogP contribution in [0.1, 0.15) is 33.1 Å². The molecule has 0 aromatic rings. The topological polar surface area (TPSA) is 52.6 Å². The lowest BCUT2D eigenvalue weighted by Crippen LogP contribution is -2.27. The van der Waals surface area contributed by atoms with E-state index in [0.717, 1.165) is 12.8 Å². The molecule has 0 aromatic heterocycles. The highest BCUT2D eigenvalue weighted by molar-refractivity contribution is 7.91. The molecule has 96 valence electrons. The third-order valence-electron chi connectivity index (χ3n) is 2.57. The molecule has 1 aliphatic heterocycles. The molecule has 1 aliphatic rings. The van der Waals surface area contributed by atoms with E-state index in [-0.39, 0.29) is 17.8 Å². The molecular weight excluding hydrogens is 228 g/mol. The highest BCUT2D eigenvalue weighted by Gasteiger charge is 2.19. The predicted octanol–water partition coefficient (Wildman–Crippen LogP) is 1.60. The first kappa shape index (κ1) is 13.9. The average molecular weight is 250 g/mol. The van der Waals surface area contributed by atoms with E-state index in [9.17, 15) is 8.42 Å². The van der Waals surface area contributed by atoms with Crippen molar-refractivity contribution >= 4 is 9.84 Å². The maximum absolute atomic E-state index is 11.7. The van der Waals surface area contributed by atoms with Crippen LogP contribution in [0.3, 0.4) is 0 Å². The van der Waals surface area contributed by atoms with Crippen LogP contribution in [0.25, 0.3) is 0 Å². The Balaban J connectivity index is 2.24.